The van der Waals surface area contributed by atoms with Gasteiger partial charge in [0.1, 0.15) is 17.5 Å². The van der Waals surface area contributed by atoms with Crippen LogP contribution in [0.25, 0.3) is 0 Å². The molecule has 18 heavy (non-hydrogen) atoms. The van der Waals surface area contributed by atoms with E-state index in [0.29, 0.717) is 25.3 Å². The lowest BCUT2D eigenvalue weighted by molar-refractivity contribution is -0.120. The summed E-state index contributed by atoms with van der Waals surface area (Å²) in [6, 6.07) is 1.86. The lowest BCUT2D eigenvalue weighted by atomic mass is 10.4. The van der Waals surface area contributed by atoms with Crippen molar-refractivity contribution in [1.82, 2.24) is 15.3 Å². The zero-order valence-electron chi connectivity index (χ0n) is 11.2. The molecule has 1 rings (SSSR count). The Morgan fingerprint density at radius 1 is 1.17 bits per heavy atom. The number of aryl methyl sites for hydroxylation is 1. The fourth-order valence-electron chi connectivity index (χ4n) is 1.45. The van der Waals surface area contributed by atoms with Crippen molar-refractivity contribution in [2.24, 2.45) is 0 Å². The number of carbonyl (C=O) groups is 1. The Hall–Kier alpha value is -1.85. The van der Waals surface area contributed by atoms with Gasteiger partial charge in [0, 0.05) is 32.1 Å². The predicted molar refractivity (Wildman–Crippen MR) is 72.7 cm³/mol. The third-order valence-electron chi connectivity index (χ3n) is 2.27. The molecule has 0 fully saturated rings. The van der Waals surface area contributed by atoms with Gasteiger partial charge in [-0.1, -0.05) is 6.92 Å². The van der Waals surface area contributed by atoms with E-state index in [1.807, 2.05) is 26.8 Å². The van der Waals surface area contributed by atoms with Crippen LogP contribution in [0.1, 0.15) is 26.1 Å². The van der Waals surface area contributed by atoms with E-state index in [9.17, 15) is 4.79 Å². The maximum atomic E-state index is 11.0. The highest BCUT2D eigenvalue weighted by atomic mass is 16.1. The van der Waals surface area contributed by atoms with Gasteiger partial charge in [-0.05, 0) is 13.8 Å². The Bertz CT molecular complexity index is 394. The van der Waals surface area contributed by atoms with Gasteiger partial charge in [-0.25, -0.2) is 9.97 Å². The van der Waals surface area contributed by atoms with Crippen LogP contribution in [0.15, 0.2) is 6.07 Å². The molecule has 100 valence electrons. The molecule has 0 aliphatic carbocycles. The summed E-state index contributed by atoms with van der Waals surface area (Å²) in [4.78, 5) is 19.6. The average molecular weight is 251 g/mol. The van der Waals surface area contributed by atoms with E-state index in [1.54, 1.807) is 0 Å². The SMILES string of the molecule is CCNc1cc(NCCNC(=O)CC)nc(C)n1. The Morgan fingerprint density at radius 2 is 1.83 bits per heavy atom. The smallest absolute Gasteiger partial charge is 0.219 e. The monoisotopic (exact) mass is 251 g/mol. The molecule has 3 N–H and O–H groups in total. The first-order valence-electron chi connectivity index (χ1n) is 6.25. The predicted octanol–water partition coefficient (Wildman–Crippen LogP) is 1.15. The minimum atomic E-state index is 0.0593. The van der Waals surface area contributed by atoms with Gasteiger partial charge in [0.05, 0.1) is 0 Å². The fraction of sp³-hybridized carbons (Fsp3) is 0.583. The highest BCUT2D eigenvalue weighted by Gasteiger charge is 2.01. The van der Waals surface area contributed by atoms with Gasteiger partial charge >= 0.3 is 0 Å². The van der Waals surface area contributed by atoms with Crippen molar-refractivity contribution in [2.75, 3.05) is 30.3 Å². The highest BCUT2D eigenvalue weighted by Crippen LogP contribution is 2.10. The maximum absolute atomic E-state index is 11.0. The molecule has 0 radical (unpaired) electrons. The third-order valence-corrected chi connectivity index (χ3v) is 2.27. The summed E-state index contributed by atoms with van der Waals surface area (Å²) in [5, 5.41) is 9.10. The molecule has 1 aromatic heterocycles. The molecule has 1 heterocycles. The summed E-state index contributed by atoms with van der Waals surface area (Å²) >= 11 is 0. The normalized spacial score (nSPS) is 9.94. The average Bonchev–Trinajstić information content (AvgIpc) is 2.34. The number of nitrogens with zero attached hydrogens (tertiary/aromatic N) is 2. The molecule has 0 spiro atoms. The van der Waals surface area contributed by atoms with E-state index < -0.39 is 0 Å². The van der Waals surface area contributed by atoms with Crippen molar-refractivity contribution in [3.8, 4) is 0 Å². The Morgan fingerprint density at radius 3 is 2.44 bits per heavy atom. The van der Waals surface area contributed by atoms with Crippen LogP contribution in [0.5, 0.6) is 0 Å². The molecule has 0 aliphatic heterocycles. The summed E-state index contributed by atoms with van der Waals surface area (Å²) in [5.41, 5.74) is 0. The first kappa shape index (κ1) is 14.2. The number of hydrogen-bond donors (Lipinski definition) is 3. The Balaban J connectivity index is 2.44. The first-order valence-corrected chi connectivity index (χ1v) is 6.25. The van der Waals surface area contributed by atoms with Crippen LogP contribution in [0.4, 0.5) is 11.6 Å². The van der Waals surface area contributed by atoms with E-state index in [1.165, 1.54) is 0 Å². The number of anilines is 2. The highest BCUT2D eigenvalue weighted by molar-refractivity contribution is 5.75. The van der Waals surface area contributed by atoms with Crippen molar-refractivity contribution in [3.05, 3.63) is 11.9 Å². The summed E-state index contributed by atoms with van der Waals surface area (Å²) in [6.07, 6.45) is 0.511. The standard InChI is InChI=1S/C12H21N5O/c1-4-12(18)15-7-6-14-11-8-10(13-5-2)16-9(3)17-11/h8H,4-7H2,1-3H3,(H,15,18)(H2,13,14,16,17). The number of rotatable bonds is 7. The first-order chi connectivity index (χ1) is 8.65. The zero-order chi connectivity index (χ0) is 13.4. The third kappa shape index (κ3) is 4.99. The van der Waals surface area contributed by atoms with Gasteiger partial charge in [-0.3, -0.25) is 4.79 Å². The lowest BCUT2D eigenvalue weighted by Crippen LogP contribution is -2.28. The molecule has 1 aromatic rings. The van der Waals surface area contributed by atoms with Crippen molar-refractivity contribution < 1.29 is 4.79 Å². The van der Waals surface area contributed by atoms with Crippen LogP contribution in [0.2, 0.25) is 0 Å². The Labute approximate surface area is 108 Å². The number of hydrogen-bond acceptors (Lipinski definition) is 5. The summed E-state index contributed by atoms with van der Waals surface area (Å²) in [7, 11) is 0. The minimum Gasteiger partial charge on any atom is -0.370 e. The topological polar surface area (TPSA) is 78.9 Å². The minimum absolute atomic E-state index is 0.0593. The van der Waals surface area contributed by atoms with Gasteiger partial charge in [-0.2, -0.15) is 0 Å². The molecule has 0 aromatic carbocycles. The van der Waals surface area contributed by atoms with Gasteiger partial charge in [0.25, 0.3) is 0 Å². The zero-order valence-corrected chi connectivity index (χ0v) is 11.2. The molecule has 6 nitrogen and oxygen atoms in total. The lowest BCUT2D eigenvalue weighted by Gasteiger charge is -2.09. The molecule has 0 saturated carbocycles. The molecule has 0 unspecified atom stereocenters. The van der Waals surface area contributed by atoms with E-state index in [-0.39, 0.29) is 5.91 Å². The quantitative estimate of drug-likeness (QED) is 0.634. The van der Waals surface area contributed by atoms with E-state index in [0.717, 1.165) is 18.2 Å². The Kier molecular flexibility index (Phi) is 5.90. The summed E-state index contributed by atoms with van der Waals surface area (Å²) < 4.78 is 0. The van der Waals surface area contributed by atoms with E-state index in [2.05, 4.69) is 25.9 Å². The number of amides is 1. The van der Waals surface area contributed by atoms with Crippen molar-refractivity contribution >= 4 is 17.5 Å². The number of carbonyl (C=O) groups excluding carboxylic acids is 1. The molecule has 1 amide bonds. The van der Waals surface area contributed by atoms with E-state index in [4.69, 9.17) is 0 Å². The van der Waals surface area contributed by atoms with Crippen LogP contribution in [-0.2, 0) is 4.79 Å². The van der Waals surface area contributed by atoms with Crippen LogP contribution in [0.3, 0.4) is 0 Å². The molecular weight excluding hydrogens is 230 g/mol. The molecule has 0 aliphatic rings. The van der Waals surface area contributed by atoms with Crippen molar-refractivity contribution in [3.63, 3.8) is 0 Å². The van der Waals surface area contributed by atoms with Gasteiger partial charge in [0.2, 0.25) is 5.91 Å². The fourth-order valence-corrected chi connectivity index (χ4v) is 1.45. The summed E-state index contributed by atoms with van der Waals surface area (Å²) in [5.74, 6) is 2.35. The molecule has 0 saturated heterocycles. The van der Waals surface area contributed by atoms with Crippen LogP contribution < -0.4 is 16.0 Å². The van der Waals surface area contributed by atoms with Crippen LogP contribution in [-0.4, -0.2) is 35.5 Å². The molecule has 6 heteroatoms. The van der Waals surface area contributed by atoms with Gasteiger partial charge in [-0.15, -0.1) is 0 Å². The van der Waals surface area contributed by atoms with Crippen molar-refractivity contribution in [2.45, 2.75) is 27.2 Å². The number of nitrogens with one attached hydrogen (secondary N) is 3. The maximum Gasteiger partial charge on any atom is 0.219 e. The second-order valence-electron chi connectivity index (χ2n) is 3.85. The van der Waals surface area contributed by atoms with Gasteiger partial charge < -0.3 is 16.0 Å². The second-order valence-corrected chi connectivity index (χ2v) is 3.85. The van der Waals surface area contributed by atoms with E-state index >= 15 is 0 Å². The van der Waals surface area contributed by atoms with Crippen LogP contribution >= 0.6 is 0 Å². The van der Waals surface area contributed by atoms with Gasteiger partial charge in [0.15, 0.2) is 0 Å². The largest absolute Gasteiger partial charge is 0.370 e. The van der Waals surface area contributed by atoms with Crippen molar-refractivity contribution in [1.29, 1.82) is 0 Å². The molecule has 0 atom stereocenters. The summed E-state index contributed by atoms with van der Waals surface area (Å²) in [6.45, 7) is 7.76. The second kappa shape index (κ2) is 7.47. The molecular formula is C12H21N5O. The van der Waals surface area contributed by atoms with Crippen LogP contribution in [0, 0.1) is 6.92 Å². The number of aromatic nitrogens is 2. The molecule has 0 bridgehead atoms.